The lowest BCUT2D eigenvalue weighted by atomic mass is 10.1. The SMILES string of the molecule is CC/C=C/C/C=C/CCC(=O)OCC(COCCC(C(=O)[O-])[N+](C)(C)C)OC(=O)CCCCCCCCCCCCC. The number of aliphatic carboxylic acids is 1. The minimum atomic E-state index is -1.13. The molecule has 0 N–H and O–H groups in total. The van der Waals surface area contributed by atoms with E-state index in [1.165, 1.54) is 51.4 Å². The van der Waals surface area contributed by atoms with Crippen molar-refractivity contribution in [1.29, 1.82) is 0 Å². The van der Waals surface area contributed by atoms with Crippen molar-refractivity contribution in [2.45, 2.75) is 135 Å². The number of carbonyl (C=O) groups is 3. The molecular weight excluding hydrogens is 534 g/mol. The number of carboxylic acids is 1. The molecule has 0 radical (unpaired) electrons. The number of unbranched alkanes of at least 4 members (excludes halogenated alkanes) is 10. The van der Waals surface area contributed by atoms with Crippen molar-refractivity contribution >= 4 is 17.9 Å². The van der Waals surface area contributed by atoms with Gasteiger partial charge in [-0.05, 0) is 25.7 Å². The van der Waals surface area contributed by atoms with E-state index in [0.29, 0.717) is 12.8 Å². The lowest BCUT2D eigenvalue weighted by Crippen LogP contribution is -2.55. The van der Waals surface area contributed by atoms with Crippen LogP contribution in [0.1, 0.15) is 123 Å². The normalized spacial score (nSPS) is 13.5. The number of carboxylic acid groups (broad SMARTS) is 1. The maximum Gasteiger partial charge on any atom is 0.306 e. The Kier molecular flexibility index (Phi) is 25.1. The summed E-state index contributed by atoms with van der Waals surface area (Å²) in [6.07, 6.45) is 23.8. The van der Waals surface area contributed by atoms with Crippen LogP contribution >= 0.6 is 0 Å². The standard InChI is InChI=1S/C34H61NO7/c1-6-8-10-12-14-15-16-17-19-21-23-25-33(37)42-30(28-40-27-26-31(34(38)39)35(3,4)5)29-41-32(36)24-22-20-18-13-11-9-7-2/h9,11,18,20,30-31H,6-8,10,12-17,19,21-29H2,1-5H3/b11-9+,20-18+. The second-order valence-corrected chi connectivity index (χ2v) is 12.0. The van der Waals surface area contributed by atoms with Crippen molar-refractivity contribution in [3.05, 3.63) is 24.3 Å². The lowest BCUT2D eigenvalue weighted by Gasteiger charge is -2.34. The van der Waals surface area contributed by atoms with Crippen molar-refractivity contribution in [2.75, 3.05) is 41.0 Å². The number of hydrogen-bond acceptors (Lipinski definition) is 7. The second-order valence-electron chi connectivity index (χ2n) is 12.0. The fraction of sp³-hybridized carbons (Fsp3) is 0.794. The molecule has 0 amide bonds. The summed E-state index contributed by atoms with van der Waals surface area (Å²) in [6, 6.07) is -0.726. The van der Waals surface area contributed by atoms with Crippen LogP contribution < -0.4 is 5.11 Å². The highest BCUT2D eigenvalue weighted by atomic mass is 16.6. The third-order valence-corrected chi connectivity index (χ3v) is 7.12. The monoisotopic (exact) mass is 595 g/mol. The van der Waals surface area contributed by atoms with Gasteiger partial charge in [-0.2, -0.15) is 0 Å². The summed E-state index contributed by atoms with van der Waals surface area (Å²) >= 11 is 0. The minimum absolute atomic E-state index is 0.0256. The summed E-state index contributed by atoms with van der Waals surface area (Å²) in [5, 5.41) is 11.5. The minimum Gasteiger partial charge on any atom is -0.544 e. The molecule has 0 aliphatic heterocycles. The zero-order chi connectivity index (χ0) is 31.5. The van der Waals surface area contributed by atoms with Crippen LogP contribution in [-0.2, 0) is 28.6 Å². The highest BCUT2D eigenvalue weighted by Gasteiger charge is 2.25. The van der Waals surface area contributed by atoms with Crippen molar-refractivity contribution in [2.24, 2.45) is 0 Å². The number of esters is 2. The molecule has 0 aromatic carbocycles. The first kappa shape index (κ1) is 39.8. The Morgan fingerprint density at radius 1 is 0.738 bits per heavy atom. The predicted molar refractivity (Wildman–Crippen MR) is 167 cm³/mol. The van der Waals surface area contributed by atoms with Crippen molar-refractivity contribution in [3.63, 3.8) is 0 Å². The third-order valence-electron chi connectivity index (χ3n) is 7.12. The highest BCUT2D eigenvalue weighted by Crippen LogP contribution is 2.13. The number of likely N-dealkylation sites (N-methyl/N-ethyl adjacent to an activating group) is 1. The van der Waals surface area contributed by atoms with Crippen LogP contribution in [0, 0.1) is 0 Å². The molecule has 2 atom stereocenters. The van der Waals surface area contributed by atoms with E-state index in [0.717, 1.165) is 32.1 Å². The molecule has 8 heteroatoms. The average molecular weight is 596 g/mol. The summed E-state index contributed by atoms with van der Waals surface area (Å²) in [7, 11) is 5.36. The summed E-state index contributed by atoms with van der Waals surface area (Å²) in [5.74, 6) is -1.83. The van der Waals surface area contributed by atoms with Crippen LogP contribution in [0.3, 0.4) is 0 Å². The van der Waals surface area contributed by atoms with Crippen molar-refractivity contribution in [1.82, 2.24) is 0 Å². The van der Waals surface area contributed by atoms with E-state index >= 15 is 0 Å². The van der Waals surface area contributed by atoms with Gasteiger partial charge in [0.15, 0.2) is 6.10 Å². The molecule has 0 fully saturated rings. The van der Waals surface area contributed by atoms with Crippen LogP contribution in [-0.4, -0.2) is 75.5 Å². The Labute approximate surface area is 256 Å². The van der Waals surface area contributed by atoms with E-state index in [4.69, 9.17) is 14.2 Å². The fourth-order valence-electron chi connectivity index (χ4n) is 4.54. The summed E-state index contributed by atoms with van der Waals surface area (Å²) in [5.41, 5.74) is 0. The Hall–Kier alpha value is -2.19. The van der Waals surface area contributed by atoms with Gasteiger partial charge >= 0.3 is 11.9 Å². The van der Waals surface area contributed by atoms with Crippen LogP contribution in [0.4, 0.5) is 0 Å². The molecule has 0 aromatic rings. The summed E-state index contributed by atoms with van der Waals surface area (Å²) in [6.45, 7) is 4.41. The molecule has 0 saturated carbocycles. The van der Waals surface area contributed by atoms with Gasteiger partial charge in [-0.3, -0.25) is 9.59 Å². The van der Waals surface area contributed by atoms with Crippen LogP contribution in [0.25, 0.3) is 0 Å². The predicted octanol–water partition coefficient (Wildman–Crippen LogP) is 6.07. The maximum atomic E-state index is 12.5. The molecule has 0 rings (SSSR count). The maximum absolute atomic E-state index is 12.5. The van der Waals surface area contributed by atoms with Gasteiger partial charge in [0.1, 0.15) is 12.6 Å². The van der Waals surface area contributed by atoms with Gasteiger partial charge < -0.3 is 28.6 Å². The van der Waals surface area contributed by atoms with Gasteiger partial charge in [-0.1, -0.05) is 102 Å². The van der Waals surface area contributed by atoms with Gasteiger partial charge in [-0.25, -0.2) is 0 Å². The third kappa shape index (κ3) is 24.4. The number of nitrogens with zero attached hydrogens (tertiary/aromatic N) is 1. The van der Waals surface area contributed by atoms with Gasteiger partial charge in [0.25, 0.3) is 0 Å². The number of ether oxygens (including phenoxy) is 3. The highest BCUT2D eigenvalue weighted by molar-refractivity contribution is 5.70. The quantitative estimate of drug-likeness (QED) is 0.0468. The van der Waals surface area contributed by atoms with Crippen molar-refractivity contribution < 1.29 is 38.2 Å². The Morgan fingerprint density at radius 2 is 1.33 bits per heavy atom. The number of carbonyl (C=O) groups excluding carboxylic acids is 3. The Bertz CT molecular complexity index is 757. The Balaban J connectivity index is 4.53. The molecule has 2 unspecified atom stereocenters. The molecule has 0 heterocycles. The first-order valence-electron chi connectivity index (χ1n) is 16.4. The topological polar surface area (TPSA) is 102 Å². The molecule has 0 aliphatic rings. The average Bonchev–Trinajstić information content (AvgIpc) is 2.92. The van der Waals surface area contributed by atoms with Crippen molar-refractivity contribution in [3.8, 4) is 0 Å². The summed E-state index contributed by atoms with van der Waals surface area (Å²) < 4.78 is 16.9. The van der Waals surface area contributed by atoms with Gasteiger partial charge in [0.05, 0.1) is 40.3 Å². The first-order chi connectivity index (χ1) is 20.1. The van der Waals surface area contributed by atoms with E-state index in [1.54, 1.807) is 21.1 Å². The molecule has 0 spiro atoms. The lowest BCUT2D eigenvalue weighted by molar-refractivity contribution is -0.889. The molecule has 0 aromatic heterocycles. The smallest absolute Gasteiger partial charge is 0.306 e. The Morgan fingerprint density at radius 3 is 1.90 bits per heavy atom. The molecule has 0 aliphatic carbocycles. The van der Waals surface area contributed by atoms with E-state index in [1.807, 2.05) is 12.2 Å². The molecular formula is C34H61NO7. The fourth-order valence-corrected chi connectivity index (χ4v) is 4.54. The van der Waals surface area contributed by atoms with E-state index in [-0.39, 0.29) is 49.1 Å². The summed E-state index contributed by atoms with van der Waals surface area (Å²) in [4.78, 5) is 36.3. The largest absolute Gasteiger partial charge is 0.544 e. The number of quaternary nitrogens is 1. The van der Waals surface area contributed by atoms with Gasteiger partial charge in [0, 0.05) is 19.3 Å². The molecule has 0 saturated heterocycles. The van der Waals surface area contributed by atoms with Crippen LogP contribution in [0.2, 0.25) is 0 Å². The first-order valence-corrected chi connectivity index (χ1v) is 16.4. The van der Waals surface area contributed by atoms with Crippen LogP contribution in [0.15, 0.2) is 24.3 Å². The van der Waals surface area contributed by atoms with Gasteiger partial charge in [0.2, 0.25) is 0 Å². The van der Waals surface area contributed by atoms with Crippen LogP contribution in [0.5, 0.6) is 0 Å². The zero-order valence-corrected chi connectivity index (χ0v) is 27.4. The molecule has 42 heavy (non-hydrogen) atoms. The number of rotatable bonds is 28. The van der Waals surface area contributed by atoms with E-state index in [2.05, 4.69) is 26.0 Å². The molecule has 244 valence electrons. The van der Waals surface area contributed by atoms with E-state index in [9.17, 15) is 19.5 Å². The zero-order valence-electron chi connectivity index (χ0n) is 27.4. The number of allylic oxidation sites excluding steroid dienone is 4. The molecule has 0 bridgehead atoms. The van der Waals surface area contributed by atoms with Gasteiger partial charge in [-0.15, -0.1) is 0 Å². The number of hydrogen-bond donors (Lipinski definition) is 0. The molecule has 8 nitrogen and oxygen atoms in total. The van der Waals surface area contributed by atoms with E-state index < -0.39 is 18.1 Å². The second kappa shape index (κ2) is 26.4.